The van der Waals surface area contributed by atoms with Gasteiger partial charge in [-0.3, -0.25) is 0 Å². The number of nitrogens with one attached hydrogen (secondary N) is 1. The van der Waals surface area contributed by atoms with Crippen LogP contribution >= 0.6 is 11.6 Å². The minimum absolute atomic E-state index is 0.653. The van der Waals surface area contributed by atoms with Gasteiger partial charge in [0.2, 0.25) is 0 Å². The number of hydrogen-bond donors (Lipinski definition) is 1. The fourth-order valence-corrected chi connectivity index (χ4v) is 1.89. The van der Waals surface area contributed by atoms with Crippen LogP contribution in [-0.2, 0) is 13.1 Å². The Morgan fingerprint density at radius 1 is 1.33 bits per heavy atom. The number of hydrogen-bond acceptors (Lipinski definition) is 3. The zero-order chi connectivity index (χ0) is 12.8. The summed E-state index contributed by atoms with van der Waals surface area (Å²) in [5, 5.41) is 12.3. The smallest absolute Gasteiger partial charge is 0.0964 e. The van der Waals surface area contributed by atoms with Crippen LogP contribution in [0.3, 0.4) is 0 Å². The van der Waals surface area contributed by atoms with Gasteiger partial charge in [0.25, 0.3) is 0 Å². The first kappa shape index (κ1) is 13.1. The molecule has 2 aromatic rings. The Morgan fingerprint density at radius 2 is 2.17 bits per heavy atom. The van der Waals surface area contributed by atoms with Crippen molar-refractivity contribution < 1.29 is 0 Å². The highest BCUT2D eigenvalue weighted by Gasteiger charge is 2.03. The van der Waals surface area contributed by atoms with Gasteiger partial charge in [-0.05, 0) is 24.6 Å². The fourth-order valence-electron chi connectivity index (χ4n) is 1.69. The molecule has 96 valence electrons. The molecule has 0 bridgehead atoms. The lowest BCUT2D eigenvalue weighted by atomic mass is 10.2. The van der Waals surface area contributed by atoms with Crippen LogP contribution in [0.4, 0.5) is 0 Å². The molecule has 0 aliphatic carbocycles. The summed E-state index contributed by atoms with van der Waals surface area (Å²) in [6.07, 6.45) is 3.07. The summed E-state index contributed by atoms with van der Waals surface area (Å²) in [6.45, 7) is 4.55. The monoisotopic (exact) mass is 264 g/mol. The number of halogens is 1. The maximum Gasteiger partial charge on any atom is 0.0964 e. The van der Waals surface area contributed by atoms with E-state index in [9.17, 15) is 0 Å². The van der Waals surface area contributed by atoms with Crippen LogP contribution < -0.4 is 5.32 Å². The molecule has 0 spiro atoms. The van der Waals surface area contributed by atoms with Crippen molar-refractivity contribution in [3.8, 4) is 0 Å². The van der Waals surface area contributed by atoms with Crippen molar-refractivity contribution in [1.29, 1.82) is 0 Å². The highest BCUT2D eigenvalue weighted by Crippen LogP contribution is 2.15. The third kappa shape index (κ3) is 3.55. The molecule has 4 nitrogen and oxygen atoms in total. The lowest BCUT2D eigenvalue weighted by Gasteiger charge is -2.02. The zero-order valence-corrected chi connectivity index (χ0v) is 11.2. The Balaban J connectivity index is 1.96. The molecule has 18 heavy (non-hydrogen) atoms. The summed E-state index contributed by atoms with van der Waals surface area (Å²) in [4.78, 5) is 0. The van der Waals surface area contributed by atoms with Crippen LogP contribution in [0.15, 0.2) is 30.5 Å². The Morgan fingerprint density at radius 3 is 2.94 bits per heavy atom. The van der Waals surface area contributed by atoms with Crippen molar-refractivity contribution >= 4 is 11.6 Å². The van der Waals surface area contributed by atoms with Crippen LogP contribution in [0.5, 0.6) is 0 Å². The topological polar surface area (TPSA) is 42.7 Å². The molecule has 0 aliphatic heterocycles. The first-order valence-electron chi connectivity index (χ1n) is 6.12. The largest absolute Gasteiger partial charge is 0.311 e. The van der Waals surface area contributed by atoms with Crippen LogP contribution in [0, 0.1) is 0 Å². The van der Waals surface area contributed by atoms with E-state index in [1.807, 2.05) is 35.1 Å². The first-order valence-corrected chi connectivity index (χ1v) is 6.50. The summed E-state index contributed by atoms with van der Waals surface area (Å²) in [5.74, 6) is 0. The van der Waals surface area contributed by atoms with Crippen LogP contribution in [0.1, 0.15) is 24.6 Å². The number of aromatic nitrogens is 3. The minimum atomic E-state index is 0.653. The molecule has 1 N–H and O–H groups in total. The molecule has 2 rings (SSSR count). The summed E-state index contributed by atoms with van der Waals surface area (Å²) in [6, 6.07) is 7.78. The molecule has 1 heterocycles. The third-order valence-electron chi connectivity index (χ3n) is 2.61. The van der Waals surface area contributed by atoms with Crippen molar-refractivity contribution in [3.05, 3.63) is 46.7 Å². The van der Waals surface area contributed by atoms with Crippen LogP contribution in [0.25, 0.3) is 0 Å². The Labute approximate surface area is 112 Å². The van der Waals surface area contributed by atoms with Crippen molar-refractivity contribution in [1.82, 2.24) is 20.3 Å². The van der Waals surface area contributed by atoms with E-state index < -0.39 is 0 Å². The Bertz CT molecular complexity index is 495. The Hall–Kier alpha value is -1.39. The molecule has 5 heteroatoms. The summed E-state index contributed by atoms with van der Waals surface area (Å²) < 4.78 is 1.81. The highest BCUT2D eigenvalue weighted by molar-refractivity contribution is 6.31. The van der Waals surface area contributed by atoms with Crippen molar-refractivity contribution in [2.24, 2.45) is 0 Å². The predicted molar refractivity (Wildman–Crippen MR) is 72.6 cm³/mol. The van der Waals surface area contributed by atoms with E-state index in [-0.39, 0.29) is 0 Å². The van der Waals surface area contributed by atoms with Gasteiger partial charge in [-0.15, -0.1) is 5.10 Å². The number of nitrogens with zero attached hydrogens (tertiary/aromatic N) is 3. The molecule has 0 aliphatic rings. The van der Waals surface area contributed by atoms with Crippen LogP contribution in [-0.4, -0.2) is 21.5 Å². The van der Waals surface area contributed by atoms with E-state index >= 15 is 0 Å². The van der Waals surface area contributed by atoms with Gasteiger partial charge in [-0.1, -0.05) is 41.9 Å². The fraction of sp³-hybridized carbons (Fsp3) is 0.385. The van der Waals surface area contributed by atoms with Gasteiger partial charge < -0.3 is 5.32 Å². The summed E-state index contributed by atoms with van der Waals surface area (Å²) in [7, 11) is 0. The molecule has 0 unspecified atom stereocenters. The Kier molecular flexibility index (Phi) is 4.73. The second-order valence-corrected chi connectivity index (χ2v) is 4.58. The van der Waals surface area contributed by atoms with Crippen LogP contribution in [0.2, 0.25) is 5.02 Å². The highest BCUT2D eigenvalue weighted by atomic mass is 35.5. The zero-order valence-electron chi connectivity index (χ0n) is 10.4. The van der Waals surface area contributed by atoms with Gasteiger partial charge in [0.1, 0.15) is 0 Å². The van der Waals surface area contributed by atoms with E-state index in [2.05, 4.69) is 22.6 Å². The SMILES string of the molecule is CCCNCc1cn(Cc2ccccc2Cl)nn1. The van der Waals surface area contributed by atoms with Crippen molar-refractivity contribution in [2.75, 3.05) is 6.54 Å². The molecular weight excluding hydrogens is 248 g/mol. The average molecular weight is 265 g/mol. The molecular formula is C13H17ClN4. The minimum Gasteiger partial charge on any atom is -0.311 e. The average Bonchev–Trinajstić information content (AvgIpc) is 2.80. The van der Waals surface area contributed by atoms with Gasteiger partial charge >= 0.3 is 0 Å². The second kappa shape index (κ2) is 6.52. The molecule has 0 atom stereocenters. The second-order valence-electron chi connectivity index (χ2n) is 4.18. The molecule has 0 radical (unpaired) electrons. The summed E-state index contributed by atoms with van der Waals surface area (Å²) in [5.41, 5.74) is 2.01. The standard InChI is InChI=1S/C13H17ClN4/c1-2-7-15-8-12-10-18(17-16-12)9-11-5-3-4-6-13(11)14/h3-6,10,15H,2,7-9H2,1H3. The van der Waals surface area contributed by atoms with E-state index in [0.29, 0.717) is 6.54 Å². The van der Waals surface area contributed by atoms with E-state index in [4.69, 9.17) is 11.6 Å². The van der Waals surface area contributed by atoms with E-state index in [0.717, 1.165) is 35.8 Å². The number of benzene rings is 1. The quantitative estimate of drug-likeness (QED) is 0.815. The molecule has 1 aromatic heterocycles. The molecule has 0 amide bonds. The van der Waals surface area contributed by atoms with E-state index in [1.54, 1.807) is 0 Å². The van der Waals surface area contributed by atoms with Crippen molar-refractivity contribution in [2.45, 2.75) is 26.4 Å². The lowest BCUT2D eigenvalue weighted by molar-refractivity contribution is 0.645. The maximum atomic E-state index is 6.11. The van der Waals surface area contributed by atoms with E-state index in [1.165, 1.54) is 0 Å². The van der Waals surface area contributed by atoms with Gasteiger partial charge in [-0.25, -0.2) is 4.68 Å². The molecule has 0 saturated heterocycles. The molecule has 0 saturated carbocycles. The van der Waals surface area contributed by atoms with Gasteiger partial charge in [0, 0.05) is 11.6 Å². The summed E-state index contributed by atoms with van der Waals surface area (Å²) >= 11 is 6.11. The van der Waals surface area contributed by atoms with Gasteiger partial charge in [-0.2, -0.15) is 0 Å². The van der Waals surface area contributed by atoms with Crippen molar-refractivity contribution in [3.63, 3.8) is 0 Å². The third-order valence-corrected chi connectivity index (χ3v) is 2.98. The maximum absolute atomic E-state index is 6.11. The lowest BCUT2D eigenvalue weighted by Crippen LogP contribution is -2.13. The van der Waals surface area contributed by atoms with Gasteiger partial charge in [0.05, 0.1) is 18.4 Å². The predicted octanol–water partition coefficient (Wildman–Crippen LogP) is 2.48. The first-order chi connectivity index (χ1) is 8.79. The molecule has 1 aromatic carbocycles. The molecule has 0 fully saturated rings. The normalized spacial score (nSPS) is 10.8. The number of rotatable bonds is 6. The van der Waals surface area contributed by atoms with Gasteiger partial charge in [0.15, 0.2) is 0 Å².